The maximum atomic E-state index is 13.2. The van der Waals surface area contributed by atoms with Gasteiger partial charge in [-0.2, -0.15) is 9.03 Å². The van der Waals surface area contributed by atoms with Crippen molar-refractivity contribution in [1.82, 2.24) is 14.0 Å². The third-order valence-corrected chi connectivity index (χ3v) is 17.4. The lowest BCUT2D eigenvalue weighted by Gasteiger charge is -2.37. The number of benzene rings is 1. The van der Waals surface area contributed by atoms with Crippen LogP contribution in [0.15, 0.2) is 62.2 Å². The molecule has 49 heavy (non-hydrogen) atoms. The number of piperidine rings is 2. The van der Waals surface area contributed by atoms with Crippen molar-refractivity contribution in [3.63, 3.8) is 0 Å². The van der Waals surface area contributed by atoms with Gasteiger partial charge in [-0.15, -0.1) is 11.3 Å². The maximum absolute atomic E-state index is 13.2. The molecule has 6 rings (SSSR count). The first-order valence-corrected chi connectivity index (χ1v) is 22.3. The highest BCUT2D eigenvalue weighted by Crippen LogP contribution is 2.38. The summed E-state index contributed by atoms with van der Waals surface area (Å²) in [5.41, 5.74) is 2.11. The molecule has 0 radical (unpaired) electrons. The first kappa shape index (κ1) is 37.2. The van der Waals surface area contributed by atoms with E-state index < -0.39 is 32.1 Å². The first-order valence-electron chi connectivity index (χ1n) is 16.4. The van der Waals surface area contributed by atoms with E-state index in [-0.39, 0.29) is 19.8 Å². The molecule has 1 aromatic carbocycles. The second-order valence-electron chi connectivity index (χ2n) is 13.2. The Morgan fingerprint density at radius 1 is 1.04 bits per heavy atom. The fourth-order valence-electron chi connectivity index (χ4n) is 7.31. The summed E-state index contributed by atoms with van der Waals surface area (Å²) in [6.07, 6.45) is 8.24. The Hall–Kier alpha value is -1.59. The number of aromatic nitrogens is 1. The van der Waals surface area contributed by atoms with Crippen LogP contribution in [0, 0.1) is 17.8 Å². The van der Waals surface area contributed by atoms with Crippen molar-refractivity contribution in [1.29, 1.82) is 0 Å². The second-order valence-corrected chi connectivity index (χ2v) is 20.8. The van der Waals surface area contributed by atoms with Gasteiger partial charge < -0.3 is 10.0 Å². The van der Waals surface area contributed by atoms with E-state index >= 15 is 0 Å². The Kier molecular flexibility index (Phi) is 11.8. The zero-order valence-corrected chi connectivity index (χ0v) is 33.1. The zero-order valence-electron chi connectivity index (χ0n) is 26.7. The van der Waals surface area contributed by atoms with Crippen LogP contribution in [0.5, 0.6) is 0 Å². The highest BCUT2D eigenvalue weighted by molar-refractivity contribution is 9.10. The van der Waals surface area contributed by atoms with Crippen LogP contribution >= 0.6 is 54.8 Å². The van der Waals surface area contributed by atoms with Gasteiger partial charge in [-0.3, -0.25) is 4.79 Å². The van der Waals surface area contributed by atoms with Crippen LogP contribution < -0.4 is 9.62 Å². The van der Waals surface area contributed by atoms with E-state index in [1.165, 1.54) is 12.3 Å². The quantitative estimate of drug-likeness (QED) is 0.195. The van der Waals surface area contributed by atoms with E-state index in [4.69, 9.17) is 11.6 Å². The lowest BCUT2D eigenvalue weighted by atomic mass is 9.87. The number of thiophene rings is 1. The number of sulfonamides is 2. The van der Waals surface area contributed by atoms with Gasteiger partial charge in [0.15, 0.2) is 0 Å². The van der Waals surface area contributed by atoms with Gasteiger partial charge in [0.2, 0.25) is 10.0 Å². The SMILES string of the molecule is O=C(O)C(NS(=O)(=O)c1ccc(N2CCC(CCCC3CCN(S(=O)(=O)c4cc(Br)c(Cl)s4)CC3)C(Br)C2)nc1)C1Cc2ccccc2C1. The van der Waals surface area contributed by atoms with E-state index in [0.29, 0.717) is 52.4 Å². The summed E-state index contributed by atoms with van der Waals surface area (Å²) < 4.78 is 57.9. The van der Waals surface area contributed by atoms with Crippen LogP contribution in [0.25, 0.3) is 0 Å². The van der Waals surface area contributed by atoms with Gasteiger partial charge in [-0.05, 0) is 102 Å². The fraction of sp³-hybridized carbons (Fsp3) is 0.515. The van der Waals surface area contributed by atoms with Crippen LogP contribution in [-0.4, -0.2) is 74.2 Å². The molecule has 4 heterocycles. The number of anilines is 1. The Balaban J connectivity index is 0.954. The van der Waals surface area contributed by atoms with Crippen molar-refractivity contribution in [2.75, 3.05) is 31.1 Å². The van der Waals surface area contributed by atoms with Crippen molar-refractivity contribution in [3.8, 4) is 0 Å². The molecular weight excluding hydrogens is 840 g/mol. The highest BCUT2D eigenvalue weighted by Gasteiger charge is 2.37. The van der Waals surface area contributed by atoms with Gasteiger partial charge in [-0.1, -0.05) is 64.6 Å². The monoisotopic (exact) mass is 876 g/mol. The molecule has 16 heteroatoms. The number of fused-ring (bicyclic) bond motifs is 1. The third-order valence-electron chi connectivity index (χ3n) is 10.1. The van der Waals surface area contributed by atoms with Crippen LogP contribution in [0.2, 0.25) is 4.34 Å². The number of carbonyl (C=O) groups is 1. The third kappa shape index (κ3) is 8.56. The minimum atomic E-state index is -4.10. The van der Waals surface area contributed by atoms with E-state index in [1.807, 2.05) is 24.3 Å². The van der Waals surface area contributed by atoms with Crippen molar-refractivity contribution in [2.45, 2.75) is 71.3 Å². The number of rotatable bonds is 12. The molecule has 2 aromatic heterocycles. The van der Waals surface area contributed by atoms with Gasteiger partial charge in [0.1, 0.15) is 25.3 Å². The normalized spacial score (nSPS) is 21.9. The lowest BCUT2D eigenvalue weighted by Crippen LogP contribution is -2.46. The van der Waals surface area contributed by atoms with E-state index in [2.05, 4.69) is 46.5 Å². The zero-order chi connectivity index (χ0) is 34.9. The van der Waals surface area contributed by atoms with Crippen LogP contribution in [0.3, 0.4) is 0 Å². The summed E-state index contributed by atoms with van der Waals surface area (Å²) in [6.45, 7) is 2.59. The molecule has 2 fully saturated rings. The largest absolute Gasteiger partial charge is 0.480 e. The molecular formula is C33H39Br2ClN4O6S3. The van der Waals surface area contributed by atoms with Crippen LogP contribution in [-0.2, 0) is 37.7 Å². The molecule has 0 saturated carbocycles. The first-order chi connectivity index (χ1) is 23.3. The number of carboxylic acid groups (broad SMARTS) is 1. The standard InChI is InChI=1S/C33H39Br2ClN4O6S3/c34-27-18-30(47-32(27)36)49(45,46)40-14-10-21(11-15-40)4-3-7-22-12-13-39(20-28(22)35)29-9-8-26(19-37-29)48(43,44)38-31(33(41)42)25-16-23-5-1-2-6-24(23)17-25/h1-2,5-6,8-9,18-19,21-22,25,28,31,38H,3-4,7,10-17,20H2,(H,41,42). The molecule has 2 aliphatic heterocycles. The molecule has 3 atom stereocenters. The maximum Gasteiger partial charge on any atom is 0.322 e. The summed E-state index contributed by atoms with van der Waals surface area (Å²) in [7, 11) is -7.62. The molecule has 0 spiro atoms. The van der Waals surface area contributed by atoms with Crippen molar-refractivity contribution < 1.29 is 26.7 Å². The average molecular weight is 879 g/mol. The number of pyridine rings is 1. The number of nitrogens with zero attached hydrogens (tertiary/aromatic N) is 3. The Labute approximate surface area is 314 Å². The molecule has 3 unspecified atom stereocenters. The van der Waals surface area contributed by atoms with Crippen molar-refractivity contribution >= 4 is 86.6 Å². The van der Waals surface area contributed by atoms with E-state index in [1.54, 1.807) is 16.4 Å². The average Bonchev–Trinajstić information content (AvgIpc) is 3.67. The molecule has 266 valence electrons. The second kappa shape index (κ2) is 15.6. The fourth-order valence-corrected chi connectivity index (χ4v) is 13.3. The number of aliphatic carboxylic acids is 1. The molecule has 1 aliphatic carbocycles. The number of hydrogen-bond acceptors (Lipinski definition) is 8. The number of nitrogens with one attached hydrogen (secondary N) is 1. The highest BCUT2D eigenvalue weighted by atomic mass is 79.9. The minimum Gasteiger partial charge on any atom is -0.480 e. The van der Waals surface area contributed by atoms with Gasteiger partial charge in [0.25, 0.3) is 10.0 Å². The van der Waals surface area contributed by atoms with E-state index in [0.717, 1.165) is 74.1 Å². The Morgan fingerprint density at radius 2 is 1.73 bits per heavy atom. The predicted molar refractivity (Wildman–Crippen MR) is 199 cm³/mol. The molecule has 2 saturated heterocycles. The number of halogens is 3. The van der Waals surface area contributed by atoms with Crippen LogP contribution in [0.4, 0.5) is 5.82 Å². The van der Waals surface area contributed by atoms with Crippen LogP contribution in [0.1, 0.15) is 49.7 Å². The van der Waals surface area contributed by atoms with Crippen molar-refractivity contribution in [3.05, 3.63) is 68.6 Å². The minimum absolute atomic E-state index is 0.0595. The number of carboxylic acids is 1. The molecule has 0 amide bonds. The van der Waals surface area contributed by atoms with Gasteiger partial charge >= 0.3 is 5.97 Å². The Morgan fingerprint density at radius 3 is 2.31 bits per heavy atom. The van der Waals surface area contributed by atoms with Crippen molar-refractivity contribution in [2.24, 2.45) is 17.8 Å². The van der Waals surface area contributed by atoms with Gasteiger partial charge in [0.05, 0.1) is 0 Å². The molecule has 3 aromatic rings. The molecule has 2 N–H and O–H groups in total. The molecule has 10 nitrogen and oxygen atoms in total. The van der Waals surface area contributed by atoms with E-state index in [9.17, 15) is 26.7 Å². The summed E-state index contributed by atoms with van der Waals surface area (Å²) >= 11 is 14.4. The topological polar surface area (TPSA) is 137 Å². The van der Waals surface area contributed by atoms with Gasteiger partial charge in [-0.25, -0.2) is 21.8 Å². The number of alkyl halides is 1. The number of hydrogen-bond donors (Lipinski definition) is 2. The smallest absolute Gasteiger partial charge is 0.322 e. The molecule has 0 bridgehead atoms. The van der Waals surface area contributed by atoms with Gasteiger partial charge in [0, 0.05) is 41.7 Å². The summed E-state index contributed by atoms with van der Waals surface area (Å²) in [5, 5.41) is 9.90. The summed E-state index contributed by atoms with van der Waals surface area (Å²) in [4.78, 5) is 18.9. The molecule has 3 aliphatic rings. The predicted octanol–water partition coefficient (Wildman–Crippen LogP) is 6.57. The summed E-state index contributed by atoms with van der Waals surface area (Å²) in [5.74, 6) is 0.125. The summed E-state index contributed by atoms with van der Waals surface area (Å²) in [6, 6.07) is 11.2. The Bertz CT molecular complexity index is 1830. The lowest BCUT2D eigenvalue weighted by molar-refractivity contribution is -0.140.